The maximum atomic E-state index is 12.0. The largest absolute Gasteiger partial charge is 0.508 e. The number of benzene rings is 1. The number of hydrogen-bond acceptors (Lipinski definition) is 5. The van der Waals surface area contributed by atoms with Crippen LogP contribution in [0.1, 0.15) is 22.1 Å². The molecule has 8 nitrogen and oxygen atoms in total. The number of aryl methyl sites for hydroxylation is 1. The van der Waals surface area contributed by atoms with E-state index < -0.39 is 0 Å². The Morgan fingerprint density at radius 1 is 1.23 bits per heavy atom. The van der Waals surface area contributed by atoms with Crippen molar-refractivity contribution in [1.82, 2.24) is 30.7 Å². The molecular formula is C14H14N6O2. The molecule has 4 N–H and O–H groups in total. The van der Waals surface area contributed by atoms with Crippen molar-refractivity contribution in [3.63, 3.8) is 0 Å². The summed E-state index contributed by atoms with van der Waals surface area (Å²) in [6, 6.07) is 8.23. The first-order valence-electron chi connectivity index (χ1n) is 6.63. The summed E-state index contributed by atoms with van der Waals surface area (Å²) in [5.41, 5.74) is 1.77. The van der Waals surface area contributed by atoms with Crippen LogP contribution in [-0.4, -0.2) is 36.4 Å². The number of H-pyrrole nitrogens is 2. The van der Waals surface area contributed by atoms with Crippen LogP contribution in [0.5, 0.6) is 5.75 Å². The van der Waals surface area contributed by atoms with Gasteiger partial charge in [0.15, 0.2) is 5.82 Å². The summed E-state index contributed by atoms with van der Waals surface area (Å²) in [6.45, 7) is 2.02. The molecule has 8 heteroatoms. The van der Waals surface area contributed by atoms with Crippen LogP contribution in [-0.2, 0) is 6.54 Å². The number of rotatable bonds is 4. The number of nitrogens with one attached hydrogen (secondary N) is 3. The van der Waals surface area contributed by atoms with Crippen LogP contribution in [0.2, 0.25) is 0 Å². The second-order valence-corrected chi connectivity index (χ2v) is 4.73. The third-order valence-corrected chi connectivity index (χ3v) is 3.04. The average Bonchev–Trinajstić information content (AvgIpc) is 3.15. The van der Waals surface area contributed by atoms with Gasteiger partial charge in [0, 0.05) is 5.56 Å². The minimum Gasteiger partial charge on any atom is -0.508 e. The van der Waals surface area contributed by atoms with Gasteiger partial charge in [-0.2, -0.15) is 10.2 Å². The molecule has 0 fully saturated rings. The minimum absolute atomic E-state index is 0.180. The number of phenolic OH excluding ortho intramolecular Hbond substituents is 1. The molecular weight excluding hydrogens is 284 g/mol. The second kappa shape index (κ2) is 5.68. The summed E-state index contributed by atoms with van der Waals surface area (Å²) >= 11 is 0. The smallest absolute Gasteiger partial charge is 0.269 e. The number of carbonyl (C=O) groups is 1. The molecule has 0 bridgehead atoms. The van der Waals surface area contributed by atoms with Gasteiger partial charge in [0.1, 0.15) is 17.3 Å². The number of aromatic amines is 2. The van der Waals surface area contributed by atoms with E-state index in [1.165, 1.54) is 0 Å². The van der Waals surface area contributed by atoms with Crippen molar-refractivity contribution in [3.05, 3.63) is 47.7 Å². The minimum atomic E-state index is -0.292. The fourth-order valence-electron chi connectivity index (χ4n) is 1.94. The molecule has 2 aromatic heterocycles. The van der Waals surface area contributed by atoms with Gasteiger partial charge in [-0.3, -0.25) is 15.0 Å². The van der Waals surface area contributed by atoms with E-state index >= 15 is 0 Å². The molecule has 2 heterocycles. The van der Waals surface area contributed by atoms with E-state index in [1.54, 1.807) is 37.3 Å². The third kappa shape index (κ3) is 2.95. The Bertz CT molecular complexity index is 790. The zero-order chi connectivity index (χ0) is 15.5. The molecule has 112 valence electrons. The Labute approximate surface area is 125 Å². The molecule has 1 amide bonds. The standard InChI is InChI=1S/C14H14N6O2/c1-8-16-13(20-17-8)7-15-14(22)12-6-11(18-19-12)9-2-4-10(21)5-3-9/h2-6,21H,7H2,1H3,(H,15,22)(H,18,19)(H,16,17,20). The Morgan fingerprint density at radius 3 is 2.68 bits per heavy atom. The Kier molecular flexibility index (Phi) is 3.57. The van der Waals surface area contributed by atoms with E-state index in [2.05, 4.69) is 30.7 Å². The first-order chi connectivity index (χ1) is 10.6. The number of carbonyl (C=O) groups excluding carboxylic acids is 1. The first-order valence-corrected chi connectivity index (χ1v) is 6.63. The lowest BCUT2D eigenvalue weighted by Gasteiger charge is -1.99. The molecule has 3 aromatic rings. The van der Waals surface area contributed by atoms with Gasteiger partial charge in [-0.1, -0.05) is 0 Å². The molecule has 0 unspecified atom stereocenters. The van der Waals surface area contributed by atoms with Gasteiger partial charge in [0.05, 0.1) is 12.2 Å². The molecule has 0 aliphatic rings. The fourth-order valence-corrected chi connectivity index (χ4v) is 1.94. The topological polar surface area (TPSA) is 120 Å². The highest BCUT2D eigenvalue weighted by Gasteiger charge is 2.11. The number of phenols is 1. The van der Waals surface area contributed by atoms with Crippen molar-refractivity contribution >= 4 is 5.91 Å². The van der Waals surface area contributed by atoms with Crippen LogP contribution in [0, 0.1) is 6.92 Å². The van der Waals surface area contributed by atoms with E-state index in [1.807, 2.05) is 0 Å². The fraction of sp³-hybridized carbons (Fsp3) is 0.143. The Balaban J connectivity index is 1.67. The lowest BCUT2D eigenvalue weighted by Crippen LogP contribution is -2.23. The Hall–Kier alpha value is -3.16. The third-order valence-electron chi connectivity index (χ3n) is 3.04. The normalized spacial score (nSPS) is 10.6. The maximum absolute atomic E-state index is 12.0. The highest BCUT2D eigenvalue weighted by atomic mass is 16.3. The number of amides is 1. The van der Waals surface area contributed by atoms with Gasteiger partial charge in [0.25, 0.3) is 5.91 Å². The summed E-state index contributed by atoms with van der Waals surface area (Å²) in [7, 11) is 0. The van der Waals surface area contributed by atoms with Gasteiger partial charge >= 0.3 is 0 Å². The van der Waals surface area contributed by atoms with E-state index in [9.17, 15) is 9.90 Å². The van der Waals surface area contributed by atoms with Crippen molar-refractivity contribution in [2.24, 2.45) is 0 Å². The van der Waals surface area contributed by atoms with Crippen molar-refractivity contribution in [1.29, 1.82) is 0 Å². The summed E-state index contributed by atoms with van der Waals surface area (Å²) in [5, 5.41) is 25.4. The molecule has 0 aliphatic heterocycles. The van der Waals surface area contributed by atoms with Gasteiger partial charge in [-0.15, -0.1) is 0 Å². The lowest BCUT2D eigenvalue weighted by atomic mass is 10.1. The van der Waals surface area contributed by atoms with E-state index in [4.69, 9.17) is 0 Å². The summed E-state index contributed by atoms with van der Waals surface area (Å²) in [6.07, 6.45) is 0. The second-order valence-electron chi connectivity index (χ2n) is 4.73. The highest BCUT2D eigenvalue weighted by molar-refractivity contribution is 5.93. The van der Waals surface area contributed by atoms with E-state index in [0.717, 1.165) is 5.56 Å². The molecule has 0 radical (unpaired) electrons. The van der Waals surface area contributed by atoms with Gasteiger partial charge in [0.2, 0.25) is 0 Å². The first kappa shape index (κ1) is 13.8. The number of nitrogens with zero attached hydrogens (tertiary/aromatic N) is 3. The van der Waals surface area contributed by atoms with Crippen LogP contribution in [0.3, 0.4) is 0 Å². The van der Waals surface area contributed by atoms with Crippen LogP contribution >= 0.6 is 0 Å². The lowest BCUT2D eigenvalue weighted by molar-refractivity contribution is 0.0945. The number of aromatic nitrogens is 5. The van der Waals surface area contributed by atoms with Crippen molar-refractivity contribution in [2.75, 3.05) is 0 Å². The molecule has 0 saturated heterocycles. The molecule has 3 rings (SSSR count). The summed E-state index contributed by atoms with van der Waals surface area (Å²) in [5.74, 6) is 1.10. The maximum Gasteiger partial charge on any atom is 0.269 e. The van der Waals surface area contributed by atoms with Gasteiger partial charge < -0.3 is 10.4 Å². The highest BCUT2D eigenvalue weighted by Crippen LogP contribution is 2.20. The summed E-state index contributed by atoms with van der Waals surface area (Å²) in [4.78, 5) is 16.1. The van der Waals surface area contributed by atoms with Crippen LogP contribution in [0.4, 0.5) is 0 Å². The van der Waals surface area contributed by atoms with E-state index in [-0.39, 0.29) is 18.2 Å². The molecule has 22 heavy (non-hydrogen) atoms. The van der Waals surface area contributed by atoms with Gasteiger partial charge in [-0.25, -0.2) is 4.98 Å². The zero-order valence-electron chi connectivity index (χ0n) is 11.8. The van der Waals surface area contributed by atoms with Crippen molar-refractivity contribution in [2.45, 2.75) is 13.5 Å². The van der Waals surface area contributed by atoms with E-state index in [0.29, 0.717) is 23.0 Å². The molecule has 0 aliphatic carbocycles. The SMILES string of the molecule is Cc1nc(CNC(=O)c2cc(-c3ccc(O)cc3)n[nH]2)n[nH]1. The number of hydrogen-bond donors (Lipinski definition) is 4. The average molecular weight is 298 g/mol. The summed E-state index contributed by atoms with van der Waals surface area (Å²) < 4.78 is 0. The number of aromatic hydroxyl groups is 1. The van der Waals surface area contributed by atoms with Crippen LogP contribution in [0.25, 0.3) is 11.3 Å². The monoisotopic (exact) mass is 298 g/mol. The molecule has 0 saturated carbocycles. The molecule has 1 aromatic carbocycles. The molecule has 0 atom stereocenters. The van der Waals surface area contributed by atoms with Crippen molar-refractivity contribution < 1.29 is 9.90 Å². The predicted molar refractivity (Wildman–Crippen MR) is 78.0 cm³/mol. The van der Waals surface area contributed by atoms with Crippen molar-refractivity contribution in [3.8, 4) is 17.0 Å². The van der Waals surface area contributed by atoms with Crippen LogP contribution in [0.15, 0.2) is 30.3 Å². The molecule has 0 spiro atoms. The quantitative estimate of drug-likeness (QED) is 0.575. The van der Waals surface area contributed by atoms with Gasteiger partial charge in [-0.05, 0) is 37.3 Å². The Morgan fingerprint density at radius 2 is 2.00 bits per heavy atom. The predicted octanol–water partition coefficient (Wildman–Crippen LogP) is 1.14. The van der Waals surface area contributed by atoms with Crippen LogP contribution < -0.4 is 5.32 Å². The zero-order valence-corrected chi connectivity index (χ0v) is 11.8.